The standard InChI is InChI=1S/C24H29N3O3/c1-16(2)15-25-23(28)21(13-18-10-5-4-6-11-18)26-24(29)22-14-20(27-30-22)19-12-8-7-9-17(19)3/h4-12,16,21-22H,13-15H2,1-3H3,(H,25,28)(H,26,29)/t21-,22-/m1/s1. The lowest BCUT2D eigenvalue weighted by atomic mass is 9.99. The van der Waals surface area contributed by atoms with Crippen LogP contribution in [0.3, 0.4) is 0 Å². The smallest absolute Gasteiger partial charge is 0.265 e. The quantitative estimate of drug-likeness (QED) is 0.706. The van der Waals surface area contributed by atoms with Gasteiger partial charge < -0.3 is 15.5 Å². The van der Waals surface area contributed by atoms with Crippen LogP contribution in [0.4, 0.5) is 0 Å². The molecule has 0 aliphatic carbocycles. The normalized spacial score (nSPS) is 16.5. The summed E-state index contributed by atoms with van der Waals surface area (Å²) in [5.41, 5.74) is 3.78. The highest BCUT2D eigenvalue weighted by molar-refractivity contribution is 6.05. The molecule has 2 aromatic carbocycles. The Morgan fingerprint density at radius 1 is 1.10 bits per heavy atom. The van der Waals surface area contributed by atoms with Crippen LogP contribution in [0.5, 0.6) is 0 Å². The number of benzene rings is 2. The lowest BCUT2D eigenvalue weighted by Gasteiger charge is -2.20. The van der Waals surface area contributed by atoms with Crippen LogP contribution in [0, 0.1) is 12.8 Å². The van der Waals surface area contributed by atoms with E-state index in [0.29, 0.717) is 25.3 Å². The number of amides is 2. The van der Waals surface area contributed by atoms with Gasteiger partial charge in [-0.15, -0.1) is 0 Å². The molecule has 0 saturated heterocycles. The third-order valence-electron chi connectivity index (χ3n) is 5.02. The van der Waals surface area contributed by atoms with Crippen molar-refractivity contribution in [1.29, 1.82) is 0 Å². The first-order chi connectivity index (χ1) is 14.4. The molecule has 0 bridgehead atoms. The molecule has 1 aliphatic heterocycles. The molecule has 30 heavy (non-hydrogen) atoms. The van der Waals surface area contributed by atoms with Crippen LogP contribution < -0.4 is 10.6 Å². The second-order valence-electron chi connectivity index (χ2n) is 8.04. The van der Waals surface area contributed by atoms with Gasteiger partial charge in [0.1, 0.15) is 6.04 Å². The highest BCUT2D eigenvalue weighted by Crippen LogP contribution is 2.19. The molecule has 2 N–H and O–H groups in total. The molecule has 0 aromatic heterocycles. The fourth-order valence-electron chi connectivity index (χ4n) is 3.33. The number of hydrogen-bond donors (Lipinski definition) is 2. The summed E-state index contributed by atoms with van der Waals surface area (Å²) >= 11 is 0. The largest absolute Gasteiger partial charge is 0.382 e. The number of oxime groups is 1. The predicted octanol–water partition coefficient (Wildman–Crippen LogP) is 2.99. The molecule has 2 aromatic rings. The molecule has 2 atom stereocenters. The summed E-state index contributed by atoms with van der Waals surface area (Å²) in [6.45, 7) is 6.62. The number of aryl methyl sites for hydroxylation is 1. The van der Waals surface area contributed by atoms with Crippen LogP contribution in [0.25, 0.3) is 0 Å². The van der Waals surface area contributed by atoms with Crippen LogP contribution in [0.15, 0.2) is 59.8 Å². The fourth-order valence-corrected chi connectivity index (χ4v) is 3.33. The Bertz CT molecular complexity index is 909. The van der Waals surface area contributed by atoms with E-state index in [4.69, 9.17) is 4.84 Å². The van der Waals surface area contributed by atoms with E-state index < -0.39 is 12.1 Å². The van der Waals surface area contributed by atoms with E-state index in [-0.39, 0.29) is 11.8 Å². The first-order valence-electron chi connectivity index (χ1n) is 10.3. The highest BCUT2D eigenvalue weighted by Gasteiger charge is 2.32. The van der Waals surface area contributed by atoms with E-state index in [1.165, 1.54) is 0 Å². The average molecular weight is 408 g/mol. The molecule has 0 fully saturated rings. The van der Waals surface area contributed by atoms with Crippen LogP contribution >= 0.6 is 0 Å². The van der Waals surface area contributed by atoms with E-state index in [1.54, 1.807) is 0 Å². The van der Waals surface area contributed by atoms with E-state index in [2.05, 4.69) is 15.8 Å². The molecule has 0 radical (unpaired) electrons. The van der Waals surface area contributed by atoms with Gasteiger partial charge in [-0.1, -0.05) is 73.6 Å². The first-order valence-corrected chi connectivity index (χ1v) is 10.3. The molecular formula is C24H29N3O3. The molecule has 3 rings (SSSR count). The third-order valence-corrected chi connectivity index (χ3v) is 5.02. The maximum atomic E-state index is 12.9. The molecule has 158 valence electrons. The summed E-state index contributed by atoms with van der Waals surface area (Å²) < 4.78 is 0. The minimum absolute atomic E-state index is 0.195. The van der Waals surface area contributed by atoms with Gasteiger partial charge in [0.25, 0.3) is 5.91 Å². The molecule has 6 nitrogen and oxygen atoms in total. The minimum Gasteiger partial charge on any atom is -0.382 e. The number of nitrogens with zero attached hydrogens (tertiary/aromatic N) is 1. The van der Waals surface area contributed by atoms with Gasteiger partial charge in [-0.05, 0) is 24.0 Å². The summed E-state index contributed by atoms with van der Waals surface area (Å²) in [5.74, 6) is -0.202. The van der Waals surface area contributed by atoms with Crippen molar-refractivity contribution in [3.05, 3.63) is 71.3 Å². The predicted molar refractivity (Wildman–Crippen MR) is 117 cm³/mol. The maximum absolute atomic E-state index is 12.9. The summed E-state index contributed by atoms with van der Waals surface area (Å²) in [5, 5.41) is 9.91. The monoisotopic (exact) mass is 407 g/mol. The van der Waals surface area contributed by atoms with Crippen molar-refractivity contribution in [2.45, 2.75) is 45.8 Å². The number of rotatable bonds is 8. The SMILES string of the molecule is Cc1ccccc1C1=NO[C@@H](C(=O)N[C@H](Cc2ccccc2)C(=O)NCC(C)C)C1. The topological polar surface area (TPSA) is 79.8 Å². The Morgan fingerprint density at radius 3 is 2.50 bits per heavy atom. The number of carbonyl (C=O) groups is 2. The van der Waals surface area contributed by atoms with Gasteiger partial charge in [0.2, 0.25) is 12.0 Å². The zero-order valence-corrected chi connectivity index (χ0v) is 17.7. The molecule has 0 unspecified atom stereocenters. The van der Waals surface area contributed by atoms with E-state index >= 15 is 0 Å². The summed E-state index contributed by atoms with van der Waals surface area (Å²) in [4.78, 5) is 31.0. The zero-order chi connectivity index (χ0) is 21.5. The maximum Gasteiger partial charge on any atom is 0.265 e. The fraction of sp³-hybridized carbons (Fsp3) is 0.375. The average Bonchev–Trinajstić information content (AvgIpc) is 3.22. The second kappa shape index (κ2) is 10.1. The lowest BCUT2D eigenvalue weighted by Crippen LogP contribution is -2.51. The number of carbonyl (C=O) groups excluding carboxylic acids is 2. The first kappa shape index (κ1) is 21.6. The van der Waals surface area contributed by atoms with Crippen molar-refractivity contribution >= 4 is 17.5 Å². The summed E-state index contributed by atoms with van der Waals surface area (Å²) in [6.07, 6.45) is 0.0488. The van der Waals surface area contributed by atoms with E-state index in [1.807, 2.05) is 75.4 Å². The minimum atomic E-state index is -0.740. The van der Waals surface area contributed by atoms with Crippen molar-refractivity contribution in [3.8, 4) is 0 Å². The number of hydrogen-bond acceptors (Lipinski definition) is 4. The second-order valence-corrected chi connectivity index (χ2v) is 8.04. The molecule has 0 saturated carbocycles. The van der Waals surface area contributed by atoms with Gasteiger partial charge >= 0.3 is 0 Å². The van der Waals surface area contributed by atoms with Gasteiger partial charge in [-0.25, -0.2) is 0 Å². The van der Waals surface area contributed by atoms with Crippen molar-refractivity contribution < 1.29 is 14.4 Å². The van der Waals surface area contributed by atoms with Crippen LogP contribution in [0.1, 0.15) is 37.0 Å². The Balaban J connectivity index is 1.65. The van der Waals surface area contributed by atoms with Gasteiger partial charge in [0.05, 0.1) is 5.71 Å². The van der Waals surface area contributed by atoms with Gasteiger partial charge in [0, 0.05) is 24.9 Å². The summed E-state index contributed by atoms with van der Waals surface area (Å²) in [7, 11) is 0. The van der Waals surface area contributed by atoms with E-state index in [9.17, 15) is 9.59 Å². The third kappa shape index (κ3) is 5.69. The number of nitrogens with one attached hydrogen (secondary N) is 2. The molecule has 1 aliphatic rings. The van der Waals surface area contributed by atoms with Crippen LogP contribution in [-0.4, -0.2) is 36.2 Å². The Hall–Kier alpha value is -3.15. The lowest BCUT2D eigenvalue weighted by molar-refractivity contribution is -0.135. The molecule has 2 amide bonds. The van der Waals surface area contributed by atoms with Gasteiger partial charge in [-0.3, -0.25) is 9.59 Å². The van der Waals surface area contributed by atoms with Crippen molar-refractivity contribution in [1.82, 2.24) is 10.6 Å². The zero-order valence-electron chi connectivity index (χ0n) is 17.7. The van der Waals surface area contributed by atoms with Gasteiger partial charge in [0.15, 0.2) is 0 Å². The molecule has 1 heterocycles. The summed E-state index contributed by atoms with van der Waals surface area (Å²) in [6, 6.07) is 16.8. The Morgan fingerprint density at radius 2 is 1.80 bits per heavy atom. The Labute approximate surface area is 177 Å². The van der Waals surface area contributed by atoms with Crippen LogP contribution in [0.2, 0.25) is 0 Å². The molecule has 0 spiro atoms. The van der Waals surface area contributed by atoms with E-state index in [0.717, 1.165) is 22.4 Å². The van der Waals surface area contributed by atoms with Crippen LogP contribution in [-0.2, 0) is 20.8 Å². The van der Waals surface area contributed by atoms with Crippen molar-refractivity contribution in [2.24, 2.45) is 11.1 Å². The molecule has 6 heteroatoms. The highest BCUT2D eigenvalue weighted by atomic mass is 16.6. The van der Waals surface area contributed by atoms with Crippen molar-refractivity contribution in [2.75, 3.05) is 6.54 Å². The molecular weight excluding hydrogens is 378 g/mol. The van der Waals surface area contributed by atoms with Gasteiger partial charge in [-0.2, -0.15) is 0 Å². The van der Waals surface area contributed by atoms with Crippen molar-refractivity contribution in [3.63, 3.8) is 0 Å². The Kier molecular flexibility index (Phi) is 7.22.